The Labute approximate surface area is 272 Å². The third-order valence-corrected chi connectivity index (χ3v) is 6.81. The number of benzene rings is 4. The van der Waals surface area contributed by atoms with Crippen molar-refractivity contribution in [1.29, 1.82) is 0 Å². The highest BCUT2D eigenvalue weighted by Crippen LogP contribution is 2.27. The lowest BCUT2D eigenvalue weighted by atomic mass is 9.98. The molecule has 4 rings (SSSR count). The van der Waals surface area contributed by atoms with Crippen LogP contribution < -0.4 is 17.2 Å². The van der Waals surface area contributed by atoms with Gasteiger partial charge in [0.1, 0.15) is 0 Å². The van der Waals surface area contributed by atoms with Crippen LogP contribution in [-0.4, -0.2) is 33.2 Å². The topological polar surface area (TPSA) is 190 Å². The monoisotopic (exact) mass is 677 g/mol. The van der Waals surface area contributed by atoms with Crippen molar-refractivity contribution in [3.63, 3.8) is 0 Å². The molecule has 0 atom stereocenters. The number of nitrogen functional groups attached to an aromatic ring is 3. The van der Waals surface area contributed by atoms with Gasteiger partial charge in [0.15, 0.2) is 0 Å². The number of nitrogens with two attached hydrogens (primary N) is 3. The van der Waals surface area contributed by atoms with Gasteiger partial charge in [-0.25, -0.2) is 14.4 Å². The molecular weight excluding hydrogens is 638 g/mol. The van der Waals surface area contributed by atoms with Crippen LogP contribution in [0.3, 0.4) is 0 Å². The molecule has 0 aliphatic rings. The summed E-state index contributed by atoms with van der Waals surface area (Å²) in [5.41, 5.74) is 22.5. The highest BCUT2D eigenvalue weighted by Gasteiger charge is 2.13. The van der Waals surface area contributed by atoms with E-state index in [0.29, 0.717) is 17.1 Å². The van der Waals surface area contributed by atoms with Gasteiger partial charge in [0.2, 0.25) is 0 Å². The van der Waals surface area contributed by atoms with Crippen LogP contribution in [0.4, 0.5) is 17.1 Å². The second-order valence-corrected chi connectivity index (χ2v) is 10.7. The minimum absolute atomic E-state index is 0.141. The van der Waals surface area contributed by atoms with Gasteiger partial charge in [0, 0.05) is 21.5 Å². The summed E-state index contributed by atoms with van der Waals surface area (Å²) < 4.78 is 0.728. The average molecular weight is 679 g/mol. The van der Waals surface area contributed by atoms with Crippen LogP contribution in [0.25, 0.3) is 11.1 Å². The van der Waals surface area contributed by atoms with Crippen molar-refractivity contribution < 1.29 is 29.7 Å². The van der Waals surface area contributed by atoms with E-state index >= 15 is 0 Å². The van der Waals surface area contributed by atoms with E-state index in [4.69, 9.17) is 32.5 Å². The Kier molecular flexibility index (Phi) is 15.6. The lowest BCUT2D eigenvalue weighted by molar-refractivity contribution is 0.0687. The van der Waals surface area contributed by atoms with E-state index in [-0.39, 0.29) is 16.7 Å². The minimum atomic E-state index is -1.00. The van der Waals surface area contributed by atoms with E-state index in [2.05, 4.69) is 29.4 Å². The molecule has 45 heavy (non-hydrogen) atoms. The van der Waals surface area contributed by atoms with Gasteiger partial charge in [0.25, 0.3) is 0 Å². The third kappa shape index (κ3) is 11.8. The van der Waals surface area contributed by atoms with Gasteiger partial charge in [-0.05, 0) is 85.3 Å². The van der Waals surface area contributed by atoms with Gasteiger partial charge in [-0.15, -0.1) is 6.58 Å². The predicted molar refractivity (Wildman–Crippen MR) is 186 cm³/mol. The maximum Gasteiger partial charge on any atom is 0.337 e. The zero-order valence-corrected chi connectivity index (χ0v) is 27.4. The fourth-order valence-corrected chi connectivity index (χ4v) is 4.35. The average Bonchev–Trinajstić information content (AvgIpc) is 2.99. The summed E-state index contributed by atoms with van der Waals surface area (Å²) in [5.74, 6) is -2.98. The number of carboxylic acid groups (broad SMARTS) is 3. The van der Waals surface area contributed by atoms with E-state index < -0.39 is 17.9 Å². The van der Waals surface area contributed by atoms with Crippen LogP contribution in [-0.2, 0) is 0 Å². The number of hydrogen-bond acceptors (Lipinski definition) is 6. The quantitative estimate of drug-likeness (QED) is 0.0861. The number of carbonyl (C=O) groups is 3. The number of halogens is 1. The molecule has 0 aliphatic carbocycles. The smallest absolute Gasteiger partial charge is 0.337 e. The SMILES string of the molecule is C=CCCC.Cc1cc(-c2ccccc2)cc(C(=O)O)c1N.Cc1cc(Br)cc(C(=O)O)c1N.Cc1cccc(C(=O)O)c1N. The van der Waals surface area contributed by atoms with Crippen molar-refractivity contribution in [2.75, 3.05) is 17.2 Å². The highest BCUT2D eigenvalue weighted by atomic mass is 79.9. The number of carboxylic acids is 3. The van der Waals surface area contributed by atoms with Crippen LogP contribution >= 0.6 is 15.9 Å². The van der Waals surface area contributed by atoms with Gasteiger partial charge < -0.3 is 32.5 Å². The summed E-state index contributed by atoms with van der Waals surface area (Å²) in [7, 11) is 0. The molecule has 0 saturated carbocycles. The largest absolute Gasteiger partial charge is 0.478 e. The molecule has 0 aromatic heterocycles. The Bertz CT molecular complexity index is 1640. The first-order chi connectivity index (χ1) is 21.2. The lowest BCUT2D eigenvalue weighted by Gasteiger charge is -2.09. The number of aromatic carboxylic acids is 3. The first kappa shape index (κ1) is 37.9. The number of hydrogen-bond donors (Lipinski definition) is 6. The lowest BCUT2D eigenvalue weighted by Crippen LogP contribution is -2.04. The van der Waals surface area contributed by atoms with Gasteiger partial charge in [-0.1, -0.05) is 77.8 Å². The van der Waals surface area contributed by atoms with E-state index in [1.165, 1.54) is 18.6 Å². The molecule has 238 valence electrons. The van der Waals surface area contributed by atoms with Crippen molar-refractivity contribution in [1.82, 2.24) is 0 Å². The van der Waals surface area contributed by atoms with Crippen LogP contribution in [0.2, 0.25) is 0 Å². The number of unbranched alkanes of at least 4 members (excludes halogenated alkanes) is 1. The maximum atomic E-state index is 11.1. The number of aryl methyl sites for hydroxylation is 3. The standard InChI is InChI=1S/C14H13NO2.C8H8BrNO2.C8H9NO2.C5H10/c1-9-7-11(10-5-3-2-4-6-10)8-12(13(9)15)14(16)17;1-4-2-5(9)3-6(7(4)10)8(11)12;1-5-3-2-4-6(7(5)9)8(10)11;1-3-5-4-2/h2-8H,15H2,1H3,(H,16,17);2-3H,10H2,1H3,(H,11,12);2-4H,9H2,1H3,(H,10,11);3H,1,4-5H2,2H3. The van der Waals surface area contributed by atoms with E-state index in [1.807, 2.05) is 49.4 Å². The molecule has 0 saturated heterocycles. The molecule has 4 aromatic rings. The second-order valence-electron chi connectivity index (χ2n) is 9.83. The molecule has 4 aromatic carbocycles. The summed E-state index contributed by atoms with van der Waals surface area (Å²) >= 11 is 3.20. The highest BCUT2D eigenvalue weighted by molar-refractivity contribution is 9.10. The molecule has 0 spiro atoms. The van der Waals surface area contributed by atoms with Crippen LogP contribution in [0.1, 0.15) is 67.5 Å². The molecular formula is C35H40BrN3O6. The van der Waals surface area contributed by atoms with Gasteiger partial charge in [-0.3, -0.25) is 0 Å². The van der Waals surface area contributed by atoms with Crippen molar-refractivity contribution in [3.05, 3.63) is 123 Å². The normalized spacial score (nSPS) is 9.62. The summed E-state index contributed by atoms with van der Waals surface area (Å²) in [4.78, 5) is 32.2. The van der Waals surface area contributed by atoms with Gasteiger partial charge in [-0.2, -0.15) is 0 Å². The first-order valence-electron chi connectivity index (χ1n) is 13.8. The molecule has 0 unspecified atom stereocenters. The van der Waals surface area contributed by atoms with Crippen LogP contribution in [0, 0.1) is 20.8 Å². The summed E-state index contributed by atoms with van der Waals surface area (Å²) in [6.07, 6.45) is 4.31. The van der Waals surface area contributed by atoms with Crippen molar-refractivity contribution in [2.45, 2.75) is 40.5 Å². The number of allylic oxidation sites excluding steroid dienone is 1. The van der Waals surface area contributed by atoms with Gasteiger partial charge in [0.05, 0.1) is 16.7 Å². The Morgan fingerprint density at radius 2 is 1.16 bits per heavy atom. The molecule has 0 heterocycles. The third-order valence-electron chi connectivity index (χ3n) is 6.35. The molecule has 9 nitrogen and oxygen atoms in total. The van der Waals surface area contributed by atoms with Crippen molar-refractivity contribution >= 4 is 50.9 Å². The zero-order chi connectivity index (χ0) is 34.3. The molecule has 9 N–H and O–H groups in total. The molecule has 0 fully saturated rings. The number of para-hydroxylation sites is 1. The van der Waals surface area contributed by atoms with Crippen LogP contribution in [0.5, 0.6) is 0 Å². The van der Waals surface area contributed by atoms with Crippen molar-refractivity contribution in [3.8, 4) is 11.1 Å². The number of rotatable bonds is 6. The Balaban J connectivity index is 0.000000322. The molecule has 0 aliphatic heterocycles. The van der Waals surface area contributed by atoms with Crippen LogP contribution in [0.15, 0.2) is 89.9 Å². The summed E-state index contributed by atoms with van der Waals surface area (Å²) in [6, 6.07) is 21.4. The molecule has 0 bridgehead atoms. The number of anilines is 3. The molecule has 0 amide bonds. The maximum absolute atomic E-state index is 11.1. The van der Waals surface area contributed by atoms with Crippen molar-refractivity contribution in [2.24, 2.45) is 0 Å². The molecule has 10 heteroatoms. The Hall–Kier alpha value is -5.09. The van der Waals surface area contributed by atoms with Gasteiger partial charge >= 0.3 is 17.9 Å². The van der Waals surface area contributed by atoms with E-state index in [9.17, 15) is 14.4 Å². The van der Waals surface area contributed by atoms with E-state index in [0.717, 1.165) is 38.7 Å². The first-order valence-corrected chi connectivity index (χ1v) is 14.6. The van der Waals surface area contributed by atoms with E-state index in [1.54, 1.807) is 38.1 Å². The fourth-order valence-electron chi connectivity index (χ4n) is 3.78. The Morgan fingerprint density at radius 1 is 0.667 bits per heavy atom. The molecule has 0 radical (unpaired) electrons. The predicted octanol–water partition coefficient (Wildman–Crippen LogP) is 8.23. The fraction of sp³-hybridized carbons (Fsp3) is 0.171. The zero-order valence-electron chi connectivity index (χ0n) is 25.8. The minimum Gasteiger partial charge on any atom is -0.478 e. The Morgan fingerprint density at radius 3 is 1.60 bits per heavy atom. The summed E-state index contributed by atoms with van der Waals surface area (Å²) in [5, 5.41) is 26.4. The second kappa shape index (κ2) is 18.5. The summed E-state index contributed by atoms with van der Waals surface area (Å²) in [6.45, 7) is 11.1.